The number of ketones is 1. The van der Waals surface area contributed by atoms with Gasteiger partial charge in [-0.15, -0.1) is 0 Å². The average Bonchev–Trinajstić information content (AvgIpc) is 2.73. The van der Waals surface area contributed by atoms with Crippen LogP contribution in [0.25, 0.3) is 0 Å². The lowest BCUT2D eigenvalue weighted by Gasteiger charge is -2.14. The van der Waals surface area contributed by atoms with Crippen LogP contribution in [0, 0.1) is 0 Å². The second kappa shape index (κ2) is 9.09. The number of carbonyl (C=O) groups excluding carboxylic acids is 2. The molecule has 10 heteroatoms. The highest BCUT2D eigenvalue weighted by molar-refractivity contribution is 6.02. The van der Waals surface area contributed by atoms with Crippen LogP contribution in [-0.4, -0.2) is 41.7 Å². The molecule has 0 saturated heterocycles. The van der Waals surface area contributed by atoms with Crippen LogP contribution in [0.3, 0.4) is 0 Å². The van der Waals surface area contributed by atoms with Crippen molar-refractivity contribution in [1.29, 1.82) is 0 Å². The molecule has 0 atom stereocenters. The molecule has 0 aliphatic carbocycles. The number of aromatic nitrogens is 2. The number of ether oxygens (including phenoxy) is 3. The monoisotopic (exact) mass is 405 g/mol. The Labute approximate surface area is 166 Å². The number of hydrogen-bond donors (Lipinski definition) is 1. The van der Waals surface area contributed by atoms with Crippen molar-refractivity contribution in [2.45, 2.75) is 19.9 Å². The standard InChI is InChI=1S/C19H23N3O7/c1-5-6-22-16(20)15(17(24)21(2)19(22)26)14(23)10-29-18(25)11-7-12(27-3)9-13(8-11)28-4/h7-9H,5-6,10,20H2,1-4H3. The minimum atomic E-state index is -0.844. The van der Waals surface area contributed by atoms with Gasteiger partial charge >= 0.3 is 11.7 Å². The molecule has 0 aliphatic heterocycles. The molecule has 0 aliphatic rings. The van der Waals surface area contributed by atoms with E-state index in [9.17, 15) is 19.2 Å². The van der Waals surface area contributed by atoms with E-state index in [0.717, 1.165) is 9.13 Å². The first-order valence-electron chi connectivity index (χ1n) is 8.77. The van der Waals surface area contributed by atoms with Crippen LogP contribution in [0.15, 0.2) is 27.8 Å². The van der Waals surface area contributed by atoms with Crippen LogP contribution in [0.1, 0.15) is 34.1 Å². The summed E-state index contributed by atoms with van der Waals surface area (Å²) >= 11 is 0. The number of benzene rings is 1. The Hall–Kier alpha value is -3.56. The van der Waals surface area contributed by atoms with E-state index in [2.05, 4.69) is 0 Å². The maximum absolute atomic E-state index is 12.6. The van der Waals surface area contributed by atoms with Crippen LogP contribution in [0.4, 0.5) is 5.82 Å². The zero-order valence-corrected chi connectivity index (χ0v) is 16.7. The number of carbonyl (C=O) groups is 2. The summed E-state index contributed by atoms with van der Waals surface area (Å²) in [5.41, 5.74) is 4.14. The van der Waals surface area contributed by atoms with Gasteiger partial charge in [0.05, 0.1) is 19.8 Å². The van der Waals surface area contributed by atoms with Crippen LogP contribution >= 0.6 is 0 Å². The fourth-order valence-corrected chi connectivity index (χ4v) is 2.70. The summed E-state index contributed by atoms with van der Waals surface area (Å²) in [6, 6.07) is 4.41. The Balaban J connectivity index is 2.29. The van der Waals surface area contributed by atoms with Gasteiger partial charge in [0.15, 0.2) is 6.61 Å². The number of Topliss-reactive ketones (excluding diaryl/α,β-unsaturated/α-hetero) is 1. The lowest BCUT2D eigenvalue weighted by atomic mass is 10.2. The van der Waals surface area contributed by atoms with Gasteiger partial charge in [0.2, 0.25) is 5.78 Å². The highest BCUT2D eigenvalue weighted by Gasteiger charge is 2.23. The molecule has 2 aromatic rings. The third-order valence-electron chi connectivity index (χ3n) is 4.23. The first kappa shape index (κ1) is 21.7. The van der Waals surface area contributed by atoms with Gasteiger partial charge in [-0.25, -0.2) is 9.59 Å². The highest BCUT2D eigenvalue weighted by Crippen LogP contribution is 2.23. The molecule has 1 aromatic heterocycles. The van der Waals surface area contributed by atoms with E-state index in [4.69, 9.17) is 19.9 Å². The quantitative estimate of drug-likeness (QED) is 0.499. The first-order chi connectivity index (χ1) is 13.7. The Bertz CT molecular complexity index is 1030. The van der Waals surface area contributed by atoms with Crippen molar-refractivity contribution in [1.82, 2.24) is 9.13 Å². The molecule has 29 heavy (non-hydrogen) atoms. The first-order valence-corrected chi connectivity index (χ1v) is 8.77. The number of rotatable bonds is 8. The highest BCUT2D eigenvalue weighted by atomic mass is 16.5. The molecule has 0 radical (unpaired) electrons. The minimum absolute atomic E-state index is 0.103. The fourth-order valence-electron chi connectivity index (χ4n) is 2.70. The average molecular weight is 405 g/mol. The van der Waals surface area contributed by atoms with E-state index < -0.39 is 35.2 Å². The maximum atomic E-state index is 12.6. The number of esters is 1. The van der Waals surface area contributed by atoms with Gasteiger partial charge in [-0.3, -0.25) is 18.7 Å². The number of hydrogen-bond acceptors (Lipinski definition) is 8. The zero-order chi connectivity index (χ0) is 21.7. The van der Waals surface area contributed by atoms with Gasteiger partial charge < -0.3 is 19.9 Å². The van der Waals surface area contributed by atoms with Crippen LogP contribution < -0.4 is 26.5 Å². The molecule has 0 unspecified atom stereocenters. The number of nitrogen functional groups attached to an aromatic ring is 1. The third kappa shape index (κ3) is 4.48. The van der Waals surface area contributed by atoms with Crippen molar-refractivity contribution >= 4 is 17.6 Å². The maximum Gasteiger partial charge on any atom is 0.338 e. The summed E-state index contributed by atoms with van der Waals surface area (Å²) in [6.07, 6.45) is 0.572. The van der Waals surface area contributed by atoms with E-state index in [1.807, 2.05) is 6.92 Å². The van der Waals surface area contributed by atoms with Crippen molar-refractivity contribution in [2.75, 3.05) is 26.6 Å². The lowest BCUT2D eigenvalue weighted by Crippen LogP contribution is -2.43. The predicted molar refractivity (Wildman–Crippen MR) is 105 cm³/mol. The van der Waals surface area contributed by atoms with Gasteiger partial charge in [-0.05, 0) is 18.6 Å². The topological polar surface area (TPSA) is 132 Å². The van der Waals surface area contributed by atoms with Gasteiger partial charge in [-0.1, -0.05) is 6.92 Å². The summed E-state index contributed by atoms with van der Waals surface area (Å²) in [5.74, 6) is -1.13. The number of nitrogens with two attached hydrogens (primary N) is 1. The zero-order valence-electron chi connectivity index (χ0n) is 16.7. The number of methoxy groups -OCH3 is 2. The molecule has 0 fully saturated rings. The van der Waals surface area contributed by atoms with Gasteiger partial charge in [-0.2, -0.15) is 0 Å². The molecular weight excluding hydrogens is 382 g/mol. The molecule has 1 aromatic carbocycles. The molecule has 2 N–H and O–H groups in total. The second-order valence-electron chi connectivity index (χ2n) is 6.16. The van der Waals surface area contributed by atoms with Gasteiger partial charge in [0, 0.05) is 19.7 Å². The van der Waals surface area contributed by atoms with Crippen molar-refractivity contribution in [3.63, 3.8) is 0 Å². The summed E-state index contributed by atoms with van der Waals surface area (Å²) < 4.78 is 17.1. The number of nitrogens with zero attached hydrogens (tertiary/aromatic N) is 2. The van der Waals surface area contributed by atoms with Crippen molar-refractivity contribution in [3.05, 3.63) is 50.2 Å². The van der Waals surface area contributed by atoms with E-state index in [1.54, 1.807) is 6.07 Å². The Morgan fingerprint density at radius 1 is 1.07 bits per heavy atom. The third-order valence-corrected chi connectivity index (χ3v) is 4.23. The normalized spacial score (nSPS) is 10.5. The Morgan fingerprint density at radius 3 is 2.17 bits per heavy atom. The van der Waals surface area contributed by atoms with E-state index in [0.29, 0.717) is 17.9 Å². The van der Waals surface area contributed by atoms with Crippen molar-refractivity contribution in [3.8, 4) is 11.5 Å². The molecule has 2 rings (SSSR count). The predicted octanol–water partition coefficient (Wildman–Crippen LogP) is 0.596. The summed E-state index contributed by atoms with van der Waals surface area (Å²) in [7, 11) is 4.11. The molecule has 0 spiro atoms. The Morgan fingerprint density at radius 2 is 1.66 bits per heavy atom. The summed E-state index contributed by atoms with van der Waals surface area (Å²) in [5, 5.41) is 0. The summed E-state index contributed by atoms with van der Waals surface area (Å²) in [6.45, 7) is 1.34. The summed E-state index contributed by atoms with van der Waals surface area (Å²) in [4.78, 5) is 49.4. The van der Waals surface area contributed by atoms with Crippen molar-refractivity contribution < 1.29 is 23.8 Å². The SMILES string of the molecule is CCCn1c(N)c(C(=O)COC(=O)c2cc(OC)cc(OC)c2)c(=O)n(C)c1=O. The van der Waals surface area contributed by atoms with Crippen LogP contribution in [0.5, 0.6) is 11.5 Å². The van der Waals surface area contributed by atoms with Gasteiger partial charge in [0.1, 0.15) is 22.9 Å². The fraction of sp³-hybridized carbons (Fsp3) is 0.368. The van der Waals surface area contributed by atoms with E-state index in [-0.39, 0.29) is 17.9 Å². The molecule has 0 bridgehead atoms. The largest absolute Gasteiger partial charge is 0.497 e. The molecular formula is C19H23N3O7. The lowest BCUT2D eigenvalue weighted by molar-refractivity contribution is 0.0473. The van der Waals surface area contributed by atoms with Crippen LogP contribution in [-0.2, 0) is 18.3 Å². The van der Waals surface area contributed by atoms with Gasteiger partial charge in [0.25, 0.3) is 5.56 Å². The molecule has 0 saturated carbocycles. The van der Waals surface area contributed by atoms with Crippen LogP contribution in [0.2, 0.25) is 0 Å². The Kier molecular flexibility index (Phi) is 6.81. The second-order valence-corrected chi connectivity index (χ2v) is 6.16. The smallest absolute Gasteiger partial charge is 0.338 e. The van der Waals surface area contributed by atoms with E-state index >= 15 is 0 Å². The molecule has 0 amide bonds. The van der Waals surface area contributed by atoms with E-state index in [1.165, 1.54) is 33.4 Å². The minimum Gasteiger partial charge on any atom is -0.497 e. The van der Waals surface area contributed by atoms with Crippen molar-refractivity contribution in [2.24, 2.45) is 7.05 Å². The number of anilines is 1. The molecule has 10 nitrogen and oxygen atoms in total. The molecule has 1 heterocycles. The molecule has 156 valence electrons.